The Hall–Kier alpha value is -0.160. The Morgan fingerprint density at radius 1 is 1.44 bits per heavy atom. The normalized spacial score (nSPS) is 35.1. The van der Waals surface area contributed by atoms with Crippen molar-refractivity contribution in [1.82, 2.24) is 10.2 Å². The number of nitrogens with zero attached hydrogens (tertiary/aromatic N) is 1. The van der Waals surface area contributed by atoms with Crippen LogP contribution in [0, 0.1) is 0 Å². The van der Waals surface area contributed by atoms with Gasteiger partial charge in [0, 0.05) is 31.8 Å². The molecule has 2 heterocycles. The average molecular weight is 228 g/mol. The van der Waals surface area contributed by atoms with Crippen molar-refractivity contribution < 1.29 is 9.84 Å². The predicted octanol–water partition coefficient (Wildman–Crippen LogP) is 0.210. The zero-order valence-electron chi connectivity index (χ0n) is 10.2. The van der Waals surface area contributed by atoms with Gasteiger partial charge in [-0.05, 0) is 32.7 Å². The van der Waals surface area contributed by atoms with Gasteiger partial charge in [0.15, 0.2) is 0 Å². The first-order valence-corrected chi connectivity index (χ1v) is 6.51. The molecule has 4 nitrogen and oxygen atoms in total. The molecule has 0 bridgehead atoms. The average Bonchev–Trinajstić information content (AvgIpc) is 2.88. The van der Waals surface area contributed by atoms with Crippen LogP contribution in [0.15, 0.2) is 0 Å². The molecule has 4 heteroatoms. The summed E-state index contributed by atoms with van der Waals surface area (Å²) in [5.74, 6) is 0. The molecule has 0 saturated carbocycles. The van der Waals surface area contributed by atoms with Gasteiger partial charge in [0.25, 0.3) is 0 Å². The number of hydrogen-bond donors (Lipinski definition) is 2. The van der Waals surface area contributed by atoms with Crippen LogP contribution in [0.2, 0.25) is 0 Å². The molecule has 2 fully saturated rings. The molecule has 0 aromatic rings. The maximum absolute atomic E-state index is 9.15. The second-order valence-corrected chi connectivity index (χ2v) is 4.94. The lowest BCUT2D eigenvalue weighted by molar-refractivity contribution is 0.0620. The minimum Gasteiger partial charge on any atom is -0.395 e. The van der Waals surface area contributed by atoms with Gasteiger partial charge in [0.05, 0.1) is 12.7 Å². The molecule has 0 aliphatic carbocycles. The van der Waals surface area contributed by atoms with Gasteiger partial charge in [0.1, 0.15) is 0 Å². The van der Waals surface area contributed by atoms with Gasteiger partial charge in [-0.15, -0.1) is 0 Å². The second kappa shape index (κ2) is 5.96. The van der Waals surface area contributed by atoms with Crippen LogP contribution in [-0.2, 0) is 4.74 Å². The van der Waals surface area contributed by atoms with E-state index in [9.17, 15) is 0 Å². The van der Waals surface area contributed by atoms with Crippen LogP contribution in [-0.4, -0.2) is 61.0 Å². The monoisotopic (exact) mass is 228 g/mol. The number of hydrogen-bond acceptors (Lipinski definition) is 4. The van der Waals surface area contributed by atoms with E-state index in [4.69, 9.17) is 9.84 Å². The summed E-state index contributed by atoms with van der Waals surface area (Å²) < 4.78 is 5.61. The molecule has 94 valence electrons. The van der Waals surface area contributed by atoms with Gasteiger partial charge < -0.3 is 15.2 Å². The third kappa shape index (κ3) is 2.94. The first kappa shape index (κ1) is 12.3. The van der Waals surface area contributed by atoms with E-state index in [1.54, 1.807) is 0 Å². The van der Waals surface area contributed by atoms with E-state index < -0.39 is 0 Å². The Kier molecular flexibility index (Phi) is 4.58. The minimum atomic E-state index is 0.246. The van der Waals surface area contributed by atoms with Crippen molar-refractivity contribution in [3.63, 3.8) is 0 Å². The van der Waals surface area contributed by atoms with Crippen LogP contribution < -0.4 is 5.32 Å². The largest absolute Gasteiger partial charge is 0.395 e. The molecule has 0 aromatic heterocycles. The molecule has 2 aliphatic heterocycles. The fraction of sp³-hybridized carbons (Fsp3) is 1.00. The quantitative estimate of drug-likeness (QED) is 0.706. The number of rotatable bonds is 5. The van der Waals surface area contributed by atoms with Gasteiger partial charge in [-0.2, -0.15) is 0 Å². The van der Waals surface area contributed by atoms with Crippen LogP contribution in [0.4, 0.5) is 0 Å². The van der Waals surface area contributed by atoms with Crippen molar-refractivity contribution in [3.8, 4) is 0 Å². The smallest absolute Gasteiger partial charge is 0.0703 e. The SMILES string of the molecule is CC1OCCC1N(CCO)CC1CCCN1. The molecule has 0 amide bonds. The predicted molar refractivity (Wildman–Crippen MR) is 63.5 cm³/mol. The standard InChI is InChI=1S/C12H24N2O2/c1-10-12(4-8-16-10)14(6-7-15)9-11-3-2-5-13-11/h10-13,15H,2-9H2,1H3. The van der Waals surface area contributed by atoms with E-state index in [1.165, 1.54) is 12.8 Å². The topological polar surface area (TPSA) is 44.7 Å². The molecule has 0 spiro atoms. The van der Waals surface area contributed by atoms with Crippen LogP contribution in [0.25, 0.3) is 0 Å². The molecule has 0 radical (unpaired) electrons. The van der Waals surface area contributed by atoms with Crippen molar-refractivity contribution in [3.05, 3.63) is 0 Å². The Morgan fingerprint density at radius 2 is 2.31 bits per heavy atom. The van der Waals surface area contributed by atoms with E-state index in [0.29, 0.717) is 18.2 Å². The molecule has 16 heavy (non-hydrogen) atoms. The molecular weight excluding hydrogens is 204 g/mol. The third-order valence-corrected chi connectivity index (χ3v) is 3.81. The summed E-state index contributed by atoms with van der Waals surface area (Å²) in [6, 6.07) is 1.11. The first-order chi connectivity index (χ1) is 7.81. The van der Waals surface area contributed by atoms with Crippen LogP contribution in [0.5, 0.6) is 0 Å². The highest BCUT2D eigenvalue weighted by atomic mass is 16.5. The van der Waals surface area contributed by atoms with Crippen molar-refractivity contribution in [2.45, 2.75) is 44.4 Å². The lowest BCUT2D eigenvalue weighted by Gasteiger charge is -2.32. The van der Waals surface area contributed by atoms with Crippen molar-refractivity contribution in [2.75, 3.05) is 32.8 Å². The first-order valence-electron chi connectivity index (χ1n) is 6.51. The van der Waals surface area contributed by atoms with Gasteiger partial charge in [-0.1, -0.05) is 0 Å². The van der Waals surface area contributed by atoms with E-state index in [1.807, 2.05) is 0 Å². The van der Waals surface area contributed by atoms with Crippen LogP contribution >= 0.6 is 0 Å². The summed E-state index contributed by atoms with van der Waals surface area (Å²) in [5, 5.41) is 12.7. The maximum atomic E-state index is 9.15. The molecule has 2 rings (SSSR count). The highest BCUT2D eigenvalue weighted by Gasteiger charge is 2.31. The summed E-state index contributed by atoms with van der Waals surface area (Å²) in [6.07, 6.45) is 3.97. The fourth-order valence-corrected chi connectivity index (χ4v) is 2.92. The summed E-state index contributed by atoms with van der Waals surface area (Å²) in [6.45, 7) is 6.23. The van der Waals surface area contributed by atoms with Gasteiger partial charge in [0.2, 0.25) is 0 Å². The molecule has 0 aromatic carbocycles. The molecule has 3 atom stereocenters. The zero-order valence-corrected chi connectivity index (χ0v) is 10.2. The molecule has 2 aliphatic rings. The summed E-state index contributed by atoms with van der Waals surface area (Å²) in [5.41, 5.74) is 0. The van der Waals surface area contributed by atoms with E-state index in [-0.39, 0.29) is 6.61 Å². The van der Waals surface area contributed by atoms with Crippen LogP contribution in [0.1, 0.15) is 26.2 Å². The highest BCUT2D eigenvalue weighted by Crippen LogP contribution is 2.20. The number of nitrogens with one attached hydrogen (secondary N) is 1. The van der Waals surface area contributed by atoms with Crippen molar-refractivity contribution >= 4 is 0 Å². The Labute approximate surface area is 98.0 Å². The summed E-state index contributed by atoms with van der Waals surface area (Å²) in [4.78, 5) is 2.40. The third-order valence-electron chi connectivity index (χ3n) is 3.81. The Balaban J connectivity index is 1.87. The number of aliphatic hydroxyl groups excluding tert-OH is 1. The maximum Gasteiger partial charge on any atom is 0.0703 e. The lowest BCUT2D eigenvalue weighted by atomic mass is 10.1. The summed E-state index contributed by atoms with van der Waals surface area (Å²) in [7, 11) is 0. The molecule has 2 N–H and O–H groups in total. The summed E-state index contributed by atoms with van der Waals surface area (Å²) >= 11 is 0. The zero-order chi connectivity index (χ0) is 11.4. The van der Waals surface area contributed by atoms with Crippen molar-refractivity contribution in [1.29, 1.82) is 0 Å². The number of aliphatic hydroxyl groups is 1. The minimum absolute atomic E-state index is 0.246. The van der Waals surface area contributed by atoms with Crippen LogP contribution in [0.3, 0.4) is 0 Å². The van der Waals surface area contributed by atoms with Gasteiger partial charge in [-0.25, -0.2) is 0 Å². The second-order valence-electron chi connectivity index (χ2n) is 4.94. The van der Waals surface area contributed by atoms with E-state index >= 15 is 0 Å². The van der Waals surface area contributed by atoms with Gasteiger partial charge >= 0.3 is 0 Å². The molecular formula is C12H24N2O2. The Morgan fingerprint density at radius 3 is 2.88 bits per heavy atom. The number of ether oxygens (including phenoxy) is 1. The highest BCUT2D eigenvalue weighted by molar-refractivity contribution is 4.86. The van der Waals surface area contributed by atoms with E-state index in [0.717, 1.165) is 32.7 Å². The van der Waals surface area contributed by atoms with E-state index in [2.05, 4.69) is 17.1 Å². The Bertz CT molecular complexity index is 207. The fourth-order valence-electron chi connectivity index (χ4n) is 2.92. The lowest BCUT2D eigenvalue weighted by Crippen LogP contribution is -2.47. The molecule has 3 unspecified atom stereocenters. The molecule has 2 saturated heterocycles. The van der Waals surface area contributed by atoms with Gasteiger partial charge in [-0.3, -0.25) is 4.90 Å². The van der Waals surface area contributed by atoms with Crippen molar-refractivity contribution in [2.24, 2.45) is 0 Å².